The lowest BCUT2D eigenvalue weighted by atomic mass is 10.2. The molecule has 2 aromatic rings. The number of quaternary nitrogens is 1. The van der Waals surface area contributed by atoms with E-state index in [0.717, 1.165) is 13.1 Å². The number of benzene rings is 1. The topological polar surface area (TPSA) is 29.5 Å². The van der Waals surface area contributed by atoms with Crippen LogP contribution in [0.2, 0.25) is 0 Å². The van der Waals surface area contributed by atoms with Gasteiger partial charge >= 0.3 is 0 Å². The minimum Gasteiger partial charge on any atom is -1.00 e. The van der Waals surface area contributed by atoms with Gasteiger partial charge < -0.3 is 17.7 Å². The number of rotatable bonds is 5. The Balaban J connectivity index is 0.00000162. The average Bonchev–Trinajstić information content (AvgIpc) is 2.41. The van der Waals surface area contributed by atoms with Gasteiger partial charge in [0.25, 0.3) is 0 Å². The van der Waals surface area contributed by atoms with Gasteiger partial charge in [-0.3, -0.25) is 4.98 Å². The zero-order chi connectivity index (χ0) is 11.8. The van der Waals surface area contributed by atoms with Crippen molar-refractivity contribution < 1.29 is 17.7 Å². The van der Waals surface area contributed by atoms with Gasteiger partial charge in [0.05, 0.1) is 6.54 Å². The number of hydrogen-bond acceptors (Lipinski definition) is 1. The molecule has 94 valence electrons. The molecule has 0 saturated carbocycles. The van der Waals surface area contributed by atoms with Crippen molar-refractivity contribution in [3.8, 4) is 0 Å². The van der Waals surface area contributed by atoms with Crippen LogP contribution in [-0.2, 0) is 6.54 Å². The van der Waals surface area contributed by atoms with E-state index in [9.17, 15) is 0 Å². The summed E-state index contributed by atoms with van der Waals surface area (Å²) in [5, 5.41) is 2.26. The summed E-state index contributed by atoms with van der Waals surface area (Å²) in [5.74, 6) is 0. The Kier molecular flexibility index (Phi) is 6.77. The van der Waals surface area contributed by atoms with Gasteiger partial charge in [0.15, 0.2) is 0 Å². The van der Waals surface area contributed by atoms with E-state index in [2.05, 4.69) is 52.8 Å². The molecule has 2 rings (SSSR count). The summed E-state index contributed by atoms with van der Waals surface area (Å²) in [6.45, 7) is 1.97. The van der Waals surface area contributed by atoms with Gasteiger partial charge in [0.2, 0.25) is 0 Å². The van der Waals surface area contributed by atoms with Crippen LogP contribution < -0.4 is 17.7 Å². The number of halogens is 1. The van der Waals surface area contributed by atoms with Gasteiger partial charge in [-0.05, 0) is 17.7 Å². The first kappa shape index (κ1) is 14.4. The predicted molar refractivity (Wildman–Crippen MR) is 70.2 cm³/mol. The Bertz CT molecular complexity index is 454. The normalized spacial score (nSPS) is 10.2. The number of hydrogen-bond donors (Lipinski definition) is 1. The van der Waals surface area contributed by atoms with Gasteiger partial charge in [0, 0.05) is 18.0 Å². The summed E-state index contributed by atoms with van der Waals surface area (Å²) in [4.78, 5) is 4.09. The van der Waals surface area contributed by atoms with E-state index in [-0.39, 0.29) is 12.4 Å². The average molecular weight is 261 g/mol. The van der Waals surface area contributed by atoms with Crippen molar-refractivity contribution in [2.75, 3.05) is 6.54 Å². The molecule has 18 heavy (non-hydrogen) atoms. The number of pyridine rings is 1. The first-order chi connectivity index (χ1) is 8.45. The Hall–Kier alpha value is -1.64. The third-order valence-electron chi connectivity index (χ3n) is 2.52. The molecule has 0 bridgehead atoms. The first-order valence-corrected chi connectivity index (χ1v) is 5.87. The van der Waals surface area contributed by atoms with Crippen LogP contribution in [0, 0.1) is 0 Å². The second-order valence-electron chi connectivity index (χ2n) is 3.90. The minimum atomic E-state index is 0. The summed E-state index contributed by atoms with van der Waals surface area (Å²) in [5.41, 5.74) is 2.52. The van der Waals surface area contributed by atoms with E-state index in [1.165, 1.54) is 11.1 Å². The molecule has 0 aliphatic rings. The highest BCUT2D eigenvalue weighted by atomic mass is 35.5. The molecule has 1 heterocycles. The third-order valence-corrected chi connectivity index (χ3v) is 2.52. The van der Waals surface area contributed by atoms with Gasteiger partial charge in [-0.15, -0.1) is 0 Å². The maximum atomic E-state index is 4.09. The summed E-state index contributed by atoms with van der Waals surface area (Å²) in [6, 6.07) is 14.4. The van der Waals surface area contributed by atoms with Gasteiger partial charge in [-0.25, -0.2) is 0 Å². The molecule has 2 N–H and O–H groups in total. The molecular formula is C15H17ClN2. The monoisotopic (exact) mass is 260 g/mol. The van der Waals surface area contributed by atoms with E-state index in [4.69, 9.17) is 0 Å². The molecule has 0 amide bonds. The van der Waals surface area contributed by atoms with Crippen LogP contribution in [-0.4, -0.2) is 11.5 Å². The van der Waals surface area contributed by atoms with Crippen molar-refractivity contribution in [2.24, 2.45) is 0 Å². The summed E-state index contributed by atoms with van der Waals surface area (Å²) in [6.07, 6.45) is 8.06. The van der Waals surface area contributed by atoms with Crippen molar-refractivity contribution in [2.45, 2.75) is 6.54 Å². The lowest BCUT2D eigenvalue weighted by Crippen LogP contribution is -3.00. The number of nitrogens with zero attached hydrogens (tertiary/aromatic N) is 1. The Morgan fingerprint density at radius 3 is 2.61 bits per heavy atom. The van der Waals surface area contributed by atoms with Gasteiger partial charge in [0.1, 0.15) is 6.54 Å². The van der Waals surface area contributed by atoms with Crippen LogP contribution in [0.15, 0.2) is 60.9 Å². The van der Waals surface area contributed by atoms with E-state index < -0.39 is 0 Å². The molecule has 0 saturated heterocycles. The maximum absolute atomic E-state index is 4.09. The van der Waals surface area contributed by atoms with Crippen LogP contribution in [0.4, 0.5) is 0 Å². The van der Waals surface area contributed by atoms with E-state index in [1.807, 2.05) is 18.3 Å². The molecule has 0 fully saturated rings. The summed E-state index contributed by atoms with van der Waals surface area (Å²) >= 11 is 0. The summed E-state index contributed by atoms with van der Waals surface area (Å²) < 4.78 is 0. The van der Waals surface area contributed by atoms with Crippen LogP contribution in [0.5, 0.6) is 0 Å². The van der Waals surface area contributed by atoms with Gasteiger partial charge in [-0.2, -0.15) is 0 Å². The Labute approximate surface area is 114 Å². The van der Waals surface area contributed by atoms with E-state index >= 15 is 0 Å². The predicted octanol–water partition coefficient (Wildman–Crippen LogP) is -1.14. The Morgan fingerprint density at radius 2 is 1.89 bits per heavy atom. The first-order valence-electron chi connectivity index (χ1n) is 5.87. The molecule has 1 aromatic heterocycles. The van der Waals surface area contributed by atoms with Crippen molar-refractivity contribution in [3.05, 3.63) is 72.1 Å². The zero-order valence-corrected chi connectivity index (χ0v) is 10.9. The van der Waals surface area contributed by atoms with Crippen molar-refractivity contribution in [1.82, 2.24) is 4.98 Å². The maximum Gasteiger partial charge on any atom is 0.103 e. The molecule has 0 aliphatic heterocycles. The molecule has 3 heteroatoms. The van der Waals surface area contributed by atoms with E-state index in [0.29, 0.717) is 0 Å². The van der Waals surface area contributed by atoms with Crippen molar-refractivity contribution in [3.63, 3.8) is 0 Å². The second kappa shape index (κ2) is 8.45. The third kappa shape index (κ3) is 5.13. The Morgan fingerprint density at radius 1 is 1.06 bits per heavy atom. The van der Waals surface area contributed by atoms with Crippen LogP contribution >= 0.6 is 0 Å². The molecular weight excluding hydrogens is 244 g/mol. The fourth-order valence-corrected chi connectivity index (χ4v) is 1.63. The summed E-state index contributed by atoms with van der Waals surface area (Å²) in [7, 11) is 0. The molecule has 0 aliphatic carbocycles. The molecule has 0 atom stereocenters. The molecule has 2 nitrogen and oxygen atoms in total. The number of aromatic nitrogens is 1. The molecule has 0 spiro atoms. The van der Waals surface area contributed by atoms with Gasteiger partial charge in [-0.1, -0.05) is 42.5 Å². The molecule has 0 unspecified atom stereocenters. The van der Waals surface area contributed by atoms with Crippen LogP contribution in [0.25, 0.3) is 6.08 Å². The van der Waals surface area contributed by atoms with Crippen LogP contribution in [0.1, 0.15) is 11.1 Å². The number of nitrogens with two attached hydrogens (primary N) is 1. The largest absolute Gasteiger partial charge is 1.00 e. The highest BCUT2D eigenvalue weighted by Crippen LogP contribution is 1.99. The van der Waals surface area contributed by atoms with E-state index in [1.54, 1.807) is 6.20 Å². The standard InChI is InChI=1S/C15H16N2.ClH/c1-2-6-14(7-3-1)8-4-10-16-12-15-9-5-11-17-13-15;/h1-9,11,13,16H,10,12H2;1H. The fraction of sp³-hybridized carbons (Fsp3) is 0.133. The smallest absolute Gasteiger partial charge is 0.103 e. The SMILES string of the molecule is C(=Cc1ccccc1)C[NH2+]Cc1cccnc1.[Cl-]. The second-order valence-corrected chi connectivity index (χ2v) is 3.90. The fourth-order valence-electron chi connectivity index (χ4n) is 1.63. The highest BCUT2D eigenvalue weighted by molar-refractivity contribution is 5.48. The van der Waals surface area contributed by atoms with Crippen molar-refractivity contribution in [1.29, 1.82) is 0 Å². The molecule has 1 aromatic carbocycles. The lowest BCUT2D eigenvalue weighted by molar-refractivity contribution is -0.661. The highest BCUT2D eigenvalue weighted by Gasteiger charge is 1.92. The van der Waals surface area contributed by atoms with Crippen molar-refractivity contribution >= 4 is 6.08 Å². The van der Waals surface area contributed by atoms with Crippen LogP contribution in [0.3, 0.4) is 0 Å². The lowest BCUT2D eigenvalue weighted by Gasteiger charge is -1.97. The zero-order valence-electron chi connectivity index (χ0n) is 10.2. The molecule has 0 radical (unpaired) electrons. The minimum absolute atomic E-state index is 0. The quantitative estimate of drug-likeness (QED) is 0.677.